The number of halogens is 1. The predicted molar refractivity (Wildman–Crippen MR) is 217 cm³/mol. The molecular weight excluding hydrogens is 748 g/mol. The van der Waals surface area contributed by atoms with Gasteiger partial charge in [-0.1, -0.05) is 64.0 Å². The first-order valence-electron chi connectivity index (χ1n) is 17.1. The van der Waals surface area contributed by atoms with Crippen molar-refractivity contribution in [1.82, 2.24) is 48.3 Å². The Morgan fingerprint density at radius 3 is 1.59 bits per heavy atom. The topological polar surface area (TPSA) is 137 Å². The average Bonchev–Trinajstić information content (AvgIpc) is 3.82. The quantitative estimate of drug-likeness (QED) is 0.194. The summed E-state index contributed by atoms with van der Waals surface area (Å²) >= 11 is 3.46. The van der Waals surface area contributed by atoms with E-state index in [9.17, 15) is 9.59 Å². The summed E-state index contributed by atoms with van der Waals surface area (Å²) in [6.07, 6.45) is 14.7. The van der Waals surface area contributed by atoms with Crippen molar-refractivity contribution in [3.05, 3.63) is 139 Å². The van der Waals surface area contributed by atoms with E-state index in [4.69, 9.17) is 0 Å². The molecule has 0 aliphatic carbocycles. The molecule has 8 rings (SSSR count). The van der Waals surface area contributed by atoms with E-state index in [-0.39, 0.29) is 11.1 Å². The van der Waals surface area contributed by atoms with Crippen LogP contribution in [-0.4, -0.2) is 76.5 Å². The summed E-state index contributed by atoms with van der Waals surface area (Å²) < 4.78 is 7.95. The van der Waals surface area contributed by atoms with Gasteiger partial charge in [-0.25, -0.2) is 8.80 Å². The monoisotopic (exact) mass is 784 g/mol. The minimum Gasteiger partial charge on any atom is -0.347 e. The smallest absolute Gasteiger partial charge is 0.263 e. The molecule has 0 N–H and O–H groups in total. The van der Waals surface area contributed by atoms with Crippen LogP contribution in [0.2, 0.25) is 0 Å². The third-order valence-electron chi connectivity index (χ3n) is 8.65. The second-order valence-electron chi connectivity index (χ2n) is 13.0. The zero-order valence-electron chi connectivity index (χ0n) is 30.4. The molecule has 54 heavy (non-hydrogen) atoms. The van der Waals surface area contributed by atoms with E-state index in [1.165, 1.54) is 0 Å². The summed E-state index contributed by atoms with van der Waals surface area (Å²) in [5.74, 6) is 2.39. The molecule has 0 radical (unpaired) electrons. The molecule has 0 aliphatic rings. The fourth-order valence-electron chi connectivity index (χ4n) is 6.13. The van der Waals surface area contributed by atoms with Crippen LogP contribution in [0.1, 0.15) is 16.7 Å². The van der Waals surface area contributed by atoms with Gasteiger partial charge in [0.15, 0.2) is 0 Å². The van der Waals surface area contributed by atoms with Crippen LogP contribution in [0.25, 0.3) is 45.5 Å². The van der Waals surface area contributed by atoms with Crippen LogP contribution in [0.4, 0.5) is 11.9 Å². The number of allylic oxidation sites excluding steroid dienone is 2. The van der Waals surface area contributed by atoms with E-state index in [1.807, 2.05) is 139 Å². The molecule has 0 saturated carbocycles. The molecule has 0 saturated heterocycles. The van der Waals surface area contributed by atoms with Crippen molar-refractivity contribution in [2.45, 2.75) is 20.0 Å². The summed E-state index contributed by atoms with van der Waals surface area (Å²) in [4.78, 5) is 38.2. The number of nitrogens with zero attached hydrogens (tertiary/aromatic N) is 12. The van der Waals surface area contributed by atoms with Gasteiger partial charge in [0.05, 0.1) is 21.8 Å². The Morgan fingerprint density at radius 1 is 0.648 bits per heavy atom. The van der Waals surface area contributed by atoms with Crippen molar-refractivity contribution in [2.75, 3.05) is 38.0 Å². The van der Waals surface area contributed by atoms with Crippen molar-refractivity contribution in [1.29, 1.82) is 0 Å². The molecular formula is C39H37BrN12O2. The van der Waals surface area contributed by atoms with Gasteiger partial charge in [-0.15, -0.1) is 20.4 Å². The van der Waals surface area contributed by atoms with Crippen LogP contribution >= 0.6 is 15.9 Å². The molecule has 0 unspecified atom stereocenters. The van der Waals surface area contributed by atoms with Crippen molar-refractivity contribution >= 4 is 73.3 Å². The molecule has 0 fully saturated rings. The zero-order valence-corrected chi connectivity index (χ0v) is 32.0. The SMILES string of the molecule is CN(C)c1nnc2n(C/C=C/c3cccnc3)c(=O)c3cc(Br)ccc3n12.Cc1ccc2c(c1)c(=O)n(C/C=C/c1cccnc1)c1nnc(N(C)C)n21. The second kappa shape index (κ2) is 15.2. The number of aromatic nitrogens is 10. The number of benzene rings is 2. The van der Waals surface area contributed by atoms with E-state index >= 15 is 0 Å². The van der Waals surface area contributed by atoms with Crippen molar-refractivity contribution in [2.24, 2.45) is 0 Å². The normalized spacial score (nSPS) is 11.7. The second-order valence-corrected chi connectivity index (χ2v) is 13.9. The van der Waals surface area contributed by atoms with Crippen molar-refractivity contribution in [3.63, 3.8) is 0 Å². The Balaban J connectivity index is 0.000000167. The highest BCUT2D eigenvalue weighted by atomic mass is 79.9. The van der Waals surface area contributed by atoms with Crippen LogP contribution in [0.3, 0.4) is 0 Å². The van der Waals surface area contributed by atoms with E-state index in [0.717, 1.165) is 32.2 Å². The molecule has 14 nitrogen and oxygen atoms in total. The Morgan fingerprint density at radius 2 is 1.13 bits per heavy atom. The molecule has 0 aliphatic heterocycles. The molecule has 0 spiro atoms. The lowest BCUT2D eigenvalue weighted by atomic mass is 10.1. The standard InChI is InChI=1S/C20H20N6O.C19H17BrN6O/c1-14-8-9-17-16(12-14)18(27)25(11-5-7-15-6-4-10-21-13-15)20-23-22-19(24(2)3)26(17)20;1-24(2)18-22-23-19-25(10-4-6-13-5-3-9-21-12-13)17(27)15-11-14(20)7-8-16(15)26(18)19/h4-10,12-13H,11H2,1-3H3;3-9,11-12H,10H2,1-2H3/b7-5+;6-4+. The van der Waals surface area contributed by atoms with Crippen LogP contribution in [0.15, 0.2) is 112 Å². The highest BCUT2D eigenvalue weighted by Crippen LogP contribution is 2.23. The summed E-state index contributed by atoms with van der Waals surface area (Å²) in [5, 5.41) is 18.4. The number of pyridine rings is 2. The van der Waals surface area contributed by atoms with Gasteiger partial charge in [0, 0.05) is 70.5 Å². The third kappa shape index (κ3) is 7.00. The van der Waals surface area contributed by atoms with Gasteiger partial charge in [0.25, 0.3) is 11.1 Å². The average molecular weight is 786 g/mol. The number of aryl methyl sites for hydroxylation is 1. The van der Waals surface area contributed by atoms with Gasteiger partial charge in [0.1, 0.15) is 0 Å². The van der Waals surface area contributed by atoms with E-state index in [2.05, 4.69) is 46.3 Å². The number of hydrogen-bond acceptors (Lipinski definition) is 10. The maximum absolute atomic E-state index is 13.1. The fourth-order valence-corrected chi connectivity index (χ4v) is 6.49. The molecule has 8 aromatic rings. The Hall–Kier alpha value is -6.48. The first-order chi connectivity index (χ1) is 26.1. The number of anilines is 2. The lowest BCUT2D eigenvalue weighted by Gasteiger charge is -2.13. The molecule has 0 amide bonds. The minimum atomic E-state index is -0.104. The fraction of sp³-hybridized carbons (Fsp3) is 0.179. The Kier molecular flexibility index (Phi) is 10.1. The van der Waals surface area contributed by atoms with Gasteiger partial charge in [-0.2, -0.15) is 0 Å². The van der Waals surface area contributed by atoms with Crippen molar-refractivity contribution < 1.29 is 0 Å². The largest absolute Gasteiger partial charge is 0.347 e. The van der Waals surface area contributed by atoms with Gasteiger partial charge < -0.3 is 9.80 Å². The van der Waals surface area contributed by atoms with Gasteiger partial charge in [0.2, 0.25) is 23.5 Å². The molecule has 6 heterocycles. The first-order valence-corrected chi connectivity index (χ1v) is 17.8. The number of rotatable bonds is 8. The van der Waals surface area contributed by atoms with E-state index in [1.54, 1.807) is 33.9 Å². The van der Waals surface area contributed by atoms with Gasteiger partial charge in [-0.3, -0.25) is 28.7 Å². The minimum absolute atomic E-state index is 0.0743. The Bertz CT molecular complexity index is 2610. The van der Waals surface area contributed by atoms with Crippen LogP contribution in [0, 0.1) is 6.92 Å². The van der Waals surface area contributed by atoms with Crippen LogP contribution < -0.4 is 20.9 Å². The molecule has 15 heteroatoms. The first kappa shape index (κ1) is 35.9. The van der Waals surface area contributed by atoms with Crippen molar-refractivity contribution in [3.8, 4) is 0 Å². The van der Waals surface area contributed by atoms with Gasteiger partial charge in [-0.05, 0) is 60.5 Å². The molecule has 6 aromatic heterocycles. The number of hydrogen-bond donors (Lipinski definition) is 0. The molecule has 272 valence electrons. The highest BCUT2D eigenvalue weighted by Gasteiger charge is 2.18. The maximum Gasteiger partial charge on any atom is 0.263 e. The van der Waals surface area contributed by atoms with Crippen LogP contribution in [0.5, 0.6) is 0 Å². The van der Waals surface area contributed by atoms with Gasteiger partial charge >= 0.3 is 0 Å². The molecule has 0 atom stereocenters. The summed E-state index contributed by atoms with van der Waals surface area (Å²) in [6, 6.07) is 19.2. The summed E-state index contributed by atoms with van der Waals surface area (Å²) in [5.41, 5.74) is 4.40. The summed E-state index contributed by atoms with van der Waals surface area (Å²) in [6.45, 7) is 2.76. The van der Waals surface area contributed by atoms with Crippen LogP contribution in [-0.2, 0) is 13.1 Å². The Labute approximate surface area is 318 Å². The molecule has 0 bridgehead atoms. The predicted octanol–water partition coefficient (Wildman–Crippen LogP) is 5.51. The highest BCUT2D eigenvalue weighted by molar-refractivity contribution is 9.10. The maximum atomic E-state index is 13.1. The van der Waals surface area contributed by atoms with E-state index in [0.29, 0.717) is 47.3 Å². The zero-order chi connectivity index (χ0) is 37.9. The summed E-state index contributed by atoms with van der Waals surface area (Å²) in [7, 11) is 7.63. The third-order valence-corrected chi connectivity index (χ3v) is 9.14. The lowest BCUT2D eigenvalue weighted by Crippen LogP contribution is -2.24. The van der Waals surface area contributed by atoms with E-state index < -0.39 is 0 Å². The lowest BCUT2D eigenvalue weighted by molar-refractivity contribution is 0.786. The number of fused-ring (bicyclic) bond motifs is 6. The molecule has 2 aromatic carbocycles.